The molecule has 1 aliphatic rings. The Morgan fingerprint density at radius 3 is 2.68 bits per heavy atom. The molecule has 8 heteroatoms. The predicted octanol–water partition coefficient (Wildman–Crippen LogP) is -0.994. The van der Waals surface area contributed by atoms with Crippen molar-refractivity contribution in [1.29, 1.82) is 0 Å². The number of hydrogen-bond acceptors (Lipinski definition) is 4. The summed E-state index contributed by atoms with van der Waals surface area (Å²) in [5, 5.41) is 13.5. The van der Waals surface area contributed by atoms with E-state index in [-0.39, 0.29) is 25.1 Å². The van der Waals surface area contributed by atoms with Crippen molar-refractivity contribution in [2.45, 2.75) is 25.9 Å². The zero-order valence-corrected chi connectivity index (χ0v) is 11.0. The molecule has 0 radical (unpaired) electrons. The molecular formula is C11H19N3O5. The number of urea groups is 1. The van der Waals surface area contributed by atoms with E-state index in [1.807, 2.05) is 13.8 Å². The van der Waals surface area contributed by atoms with Crippen LogP contribution in [0.5, 0.6) is 0 Å². The van der Waals surface area contributed by atoms with Crippen molar-refractivity contribution in [3.63, 3.8) is 0 Å². The molecule has 0 saturated carbocycles. The topological polar surface area (TPSA) is 108 Å². The molecule has 1 rings (SSSR count). The number of carboxylic acid groups (broad SMARTS) is 1. The Bertz CT molecular complexity index is 358. The molecule has 1 fully saturated rings. The Morgan fingerprint density at radius 2 is 2.11 bits per heavy atom. The minimum absolute atomic E-state index is 0.0432. The van der Waals surface area contributed by atoms with E-state index in [1.54, 1.807) is 0 Å². The minimum Gasteiger partial charge on any atom is -0.480 e. The van der Waals surface area contributed by atoms with Crippen molar-refractivity contribution >= 4 is 17.9 Å². The van der Waals surface area contributed by atoms with Crippen LogP contribution >= 0.6 is 0 Å². The van der Waals surface area contributed by atoms with E-state index in [2.05, 4.69) is 10.6 Å². The van der Waals surface area contributed by atoms with Gasteiger partial charge in [0, 0.05) is 12.6 Å². The maximum absolute atomic E-state index is 11.9. The predicted molar refractivity (Wildman–Crippen MR) is 65.6 cm³/mol. The highest BCUT2D eigenvalue weighted by Gasteiger charge is 2.33. The standard InChI is InChI=1S/C11H19N3O5/c1-7(2)13-10(17)8-6-19-4-3-14(8)11(18)12-5-9(15)16/h7-8H,3-6H2,1-2H3,(H,12,18)(H,13,17)(H,15,16). The average Bonchev–Trinajstić information content (AvgIpc) is 2.35. The average molecular weight is 273 g/mol. The van der Waals surface area contributed by atoms with E-state index in [0.29, 0.717) is 6.61 Å². The smallest absolute Gasteiger partial charge is 0.323 e. The lowest BCUT2D eigenvalue weighted by Gasteiger charge is -2.34. The second-order valence-corrected chi connectivity index (χ2v) is 4.50. The Balaban J connectivity index is 2.63. The molecule has 1 atom stereocenters. The van der Waals surface area contributed by atoms with Gasteiger partial charge in [0.2, 0.25) is 5.91 Å². The third-order valence-electron chi connectivity index (χ3n) is 2.51. The zero-order valence-electron chi connectivity index (χ0n) is 11.0. The number of amides is 3. The van der Waals surface area contributed by atoms with E-state index in [0.717, 1.165) is 0 Å². The van der Waals surface area contributed by atoms with Gasteiger partial charge in [0.1, 0.15) is 12.6 Å². The van der Waals surface area contributed by atoms with Crippen LogP contribution in [-0.4, -0.2) is 66.3 Å². The van der Waals surface area contributed by atoms with E-state index in [4.69, 9.17) is 9.84 Å². The van der Waals surface area contributed by atoms with Gasteiger partial charge in [-0.25, -0.2) is 4.79 Å². The highest BCUT2D eigenvalue weighted by molar-refractivity contribution is 5.88. The van der Waals surface area contributed by atoms with Crippen molar-refractivity contribution in [3.05, 3.63) is 0 Å². The first kappa shape index (κ1) is 15.2. The summed E-state index contributed by atoms with van der Waals surface area (Å²) in [6.07, 6.45) is 0. The molecule has 1 saturated heterocycles. The molecule has 1 unspecified atom stereocenters. The van der Waals surface area contributed by atoms with Gasteiger partial charge >= 0.3 is 12.0 Å². The molecule has 0 spiro atoms. The van der Waals surface area contributed by atoms with Gasteiger partial charge in [-0.3, -0.25) is 9.59 Å². The van der Waals surface area contributed by atoms with Crippen LogP contribution in [0.4, 0.5) is 4.79 Å². The first-order valence-electron chi connectivity index (χ1n) is 6.06. The molecule has 0 aromatic heterocycles. The van der Waals surface area contributed by atoms with Crippen molar-refractivity contribution in [2.75, 3.05) is 26.3 Å². The van der Waals surface area contributed by atoms with E-state index >= 15 is 0 Å². The van der Waals surface area contributed by atoms with Gasteiger partial charge < -0.3 is 25.4 Å². The molecule has 3 amide bonds. The highest BCUT2D eigenvalue weighted by atomic mass is 16.5. The van der Waals surface area contributed by atoms with Crippen molar-refractivity contribution < 1.29 is 24.2 Å². The fourth-order valence-corrected chi connectivity index (χ4v) is 1.70. The Kier molecular flexibility index (Phi) is 5.56. The van der Waals surface area contributed by atoms with E-state index < -0.39 is 24.6 Å². The monoisotopic (exact) mass is 273 g/mol. The third kappa shape index (κ3) is 4.74. The molecule has 0 bridgehead atoms. The number of nitrogens with zero attached hydrogens (tertiary/aromatic N) is 1. The quantitative estimate of drug-likeness (QED) is 0.609. The van der Waals surface area contributed by atoms with Gasteiger partial charge in [-0.1, -0.05) is 0 Å². The molecular weight excluding hydrogens is 254 g/mol. The summed E-state index contributed by atoms with van der Waals surface area (Å²) in [7, 11) is 0. The fraction of sp³-hybridized carbons (Fsp3) is 0.727. The Hall–Kier alpha value is -1.83. The lowest BCUT2D eigenvalue weighted by Crippen LogP contribution is -2.59. The highest BCUT2D eigenvalue weighted by Crippen LogP contribution is 2.07. The molecule has 108 valence electrons. The van der Waals surface area contributed by atoms with Crippen molar-refractivity contribution in [1.82, 2.24) is 15.5 Å². The summed E-state index contributed by atoms with van der Waals surface area (Å²) in [6.45, 7) is 3.84. The number of carboxylic acids is 1. The number of morpholine rings is 1. The molecule has 1 heterocycles. The van der Waals surface area contributed by atoms with Crippen LogP contribution in [0.15, 0.2) is 0 Å². The number of carbonyl (C=O) groups is 3. The molecule has 19 heavy (non-hydrogen) atoms. The number of nitrogens with one attached hydrogen (secondary N) is 2. The van der Waals surface area contributed by atoms with Gasteiger partial charge in [0.25, 0.3) is 0 Å². The van der Waals surface area contributed by atoms with Gasteiger partial charge in [-0.05, 0) is 13.8 Å². The summed E-state index contributed by atoms with van der Waals surface area (Å²) in [5.74, 6) is -1.44. The first-order chi connectivity index (χ1) is 8.91. The minimum atomic E-state index is -1.13. The van der Waals surface area contributed by atoms with Crippen LogP contribution in [-0.2, 0) is 14.3 Å². The third-order valence-corrected chi connectivity index (χ3v) is 2.51. The van der Waals surface area contributed by atoms with Gasteiger partial charge in [0.05, 0.1) is 13.2 Å². The number of aliphatic carboxylic acids is 1. The SMILES string of the molecule is CC(C)NC(=O)C1COCCN1C(=O)NCC(=O)O. The summed E-state index contributed by atoms with van der Waals surface area (Å²) < 4.78 is 5.19. The maximum Gasteiger partial charge on any atom is 0.323 e. The van der Waals surface area contributed by atoms with Gasteiger partial charge in [-0.15, -0.1) is 0 Å². The molecule has 0 aromatic rings. The molecule has 8 nitrogen and oxygen atoms in total. The Morgan fingerprint density at radius 1 is 1.42 bits per heavy atom. The molecule has 0 aromatic carbocycles. The van der Waals surface area contributed by atoms with E-state index in [9.17, 15) is 14.4 Å². The summed E-state index contributed by atoms with van der Waals surface area (Å²) in [4.78, 5) is 35.5. The van der Waals surface area contributed by atoms with Crippen LogP contribution in [0, 0.1) is 0 Å². The van der Waals surface area contributed by atoms with Crippen molar-refractivity contribution in [3.8, 4) is 0 Å². The molecule has 0 aliphatic carbocycles. The zero-order chi connectivity index (χ0) is 14.4. The van der Waals surface area contributed by atoms with Crippen LogP contribution in [0.2, 0.25) is 0 Å². The lowest BCUT2D eigenvalue weighted by molar-refractivity contribution is -0.135. The number of ether oxygens (including phenoxy) is 1. The fourth-order valence-electron chi connectivity index (χ4n) is 1.70. The van der Waals surface area contributed by atoms with Crippen molar-refractivity contribution in [2.24, 2.45) is 0 Å². The number of carbonyl (C=O) groups excluding carboxylic acids is 2. The van der Waals surface area contributed by atoms with E-state index in [1.165, 1.54) is 4.90 Å². The van der Waals surface area contributed by atoms with Crippen LogP contribution in [0.1, 0.15) is 13.8 Å². The van der Waals surface area contributed by atoms with Crippen LogP contribution < -0.4 is 10.6 Å². The summed E-state index contributed by atoms with van der Waals surface area (Å²) >= 11 is 0. The lowest BCUT2D eigenvalue weighted by atomic mass is 10.2. The summed E-state index contributed by atoms with van der Waals surface area (Å²) in [5.41, 5.74) is 0. The van der Waals surface area contributed by atoms with Gasteiger partial charge in [0.15, 0.2) is 0 Å². The van der Waals surface area contributed by atoms with Crippen LogP contribution in [0.25, 0.3) is 0 Å². The normalized spacial score (nSPS) is 19.1. The number of hydrogen-bond donors (Lipinski definition) is 3. The van der Waals surface area contributed by atoms with Gasteiger partial charge in [-0.2, -0.15) is 0 Å². The molecule has 3 N–H and O–H groups in total. The largest absolute Gasteiger partial charge is 0.480 e. The second-order valence-electron chi connectivity index (χ2n) is 4.50. The maximum atomic E-state index is 11.9. The Labute approximate surface area is 111 Å². The second kappa shape index (κ2) is 6.93. The first-order valence-corrected chi connectivity index (χ1v) is 6.06. The summed E-state index contributed by atoms with van der Waals surface area (Å²) in [6, 6.07) is -1.35. The molecule has 1 aliphatic heterocycles. The van der Waals surface area contributed by atoms with Crippen LogP contribution in [0.3, 0.4) is 0 Å². The number of rotatable bonds is 4.